The van der Waals surface area contributed by atoms with E-state index in [1.165, 1.54) is 0 Å². The molecule has 0 radical (unpaired) electrons. The molecule has 4 nitrogen and oxygen atoms in total. The molecule has 0 spiro atoms. The van der Waals surface area contributed by atoms with Crippen LogP contribution in [0.2, 0.25) is 0 Å². The Morgan fingerprint density at radius 2 is 2.38 bits per heavy atom. The summed E-state index contributed by atoms with van der Waals surface area (Å²) in [4.78, 5) is 13.6. The molecule has 1 unspecified atom stereocenters. The zero-order valence-corrected chi connectivity index (χ0v) is 9.53. The van der Waals surface area contributed by atoms with Crippen molar-refractivity contribution in [1.29, 1.82) is 0 Å². The van der Waals surface area contributed by atoms with Gasteiger partial charge in [-0.3, -0.25) is 4.79 Å². The van der Waals surface area contributed by atoms with E-state index in [0.717, 1.165) is 23.1 Å². The second-order valence-electron chi connectivity index (χ2n) is 4.09. The fraction of sp³-hybridized carbons (Fsp3) is 0.417. The van der Waals surface area contributed by atoms with Gasteiger partial charge >= 0.3 is 0 Å². The molecule has 1 heterocycles. The van der Waals surface area contributed by atoms with Gasteiger partial charge in [0.1, 0.15) is 0 Å². The van der Waals surface area contributed by atoms with Crippen molar-refractivity contribution in [3.63, 3.8) is 0 Å². The first-order valence-corrected chi connectivity index (χ1v) is 5.35. The predicted molar refractivity (Wildman–Crippen MR) is 61.3 cm³/mol. The molecule has 2 N–H and O–H groups in total. The fourth-order valence-corrected chi connectivity index (χ4v) is 2.28. The minimum absolute atomic E-state index is 0.0389. The van der Waals surface area contributed by atoms with E-state index in [1.807, 2.05) is 30.4 Å². The van der Waals surface area contributed by atoms with E-state index in [0.29, 0.717) is 0 Å². The molecule has 0 bridgehead atoms. The quantitative estimate of drug-likeness (QED) is 0.707. The molecule has 1 aliphatic carbocycles. The second-order valence-corrected chi connectivity index (χ2v) is 4.09. The molecule has 86 valence electrons. The number of fused-ring (bicyclic) bond motifs is 1. The summed E-state index contributed by atoms with van der Waals surface area (Å²) in [7, 11) is 3.52. The lowest BCUT2D eigenvalue weighted by Crippen LogP contribution is -2.29. The topological polar surface area (TPSA) is 52.6 Å². The molecule has 0 saturated heterocycles. The third-order valence-corrected chi connectivity index (χ3v) is 3.07. The van der Waals surface area contributed by atoms with Crippen LogP contribution in [0.3, 0.4) is 0 Å². The Balaban J connectivity index is 2.31. The van der Waals surface area contributed by atoms with E-state index >= 15 is 0 Å². The van der Waals surface area contributed by atoms with Gasteiger partial charge in [0.15, 0.2) is 0 Å². The Morgan fingerprint density at radius 3 is 3.00 bits per heavy atom. The Morgan fingerprint density at radius 1 is 1.62 bits per heavy atom. The summed E-state index contributed by atoms with van der Waals surface area (Å²) in [5.74, 6) is 0.0633. The summed E-state index contributed by atoms with van der Waals surface area (Å²) < 4.78 is 0. The first kappa shape index (κ1) is 11.0. The highest BCUT2D eigenvalue weighted by molar-refractivity contribution is 5.95. The maximum absolute atomic E-state index is 11.7. The van der Waals surface area contributed by atoms with Crippen LogP contribution in [-0.4, -0.2) is 36.6 Å². The number of nitrogens with one attached hydrogen (secondary N) is 1. The average molecular weight is 220 g/mol. The SMILES string of the molecule is CNC(=O)C1=CN(C)C=C2C(CO)=CCC12. The Kier molecular flexibility index (Phi) is 2.83. The van der Waals surface area contributed by atoms with E-state index in [2.05, 4.69) is 5.32 Å². The van der Waals surface area contributed by atoms with Gasteiger partial charge in [-0.15, -0.1) is 0 Å². The molecule has 1 aliphatic heterocycles. The van der Waals surface area contributed by atoms with Crippen molar-refractivity contribution in [2.75, 3.05) is 20.7 Å². The first-order valence-electron chi connectivity index (χ1n) is 5.35. The van der Waals surface area contributed by atoms with Gasteiger partial charge in [0.25, 0.3) is 0 Å². The van der Waals surface area contributed by atoms with Gasteiger partial charge in [-0.2, -0.15) is 0 Å². The summed E-state index contributed by atoms with van der Waals surface area (Å²) in [5, 5.41) is 11.9. The number of allylic oxidation sites excluding steroid dienone is 1. The highest BCUT2D eigenvalue weighted by Gasteiger charge is 2.32. The number of hydrogen-bond donors (Lipinski definition) is 2. The lowest BCUT2D eigenvalue weighted by atomic mass is 9.89. The molecular weight excluding hydrogens is 204 g/mol. The van der Waals surface area contributed by atoms with Crippen LogP contribution < -0.4 is 5.32 Å². The van der Waals surface area contributed by atoms with E-state index in [9.17, 15) is 9.90 Å². The Labute approximate surface area is 94.9 Å². The van der Waals surface area contributed by atoms with Crippen molar-refractivity contribution in [3.05, 3.63) is 35.2 Å². The van der Waals surface area contributed by atoms with Crippen LogP contribution in [0.1, 0.15) is 6.42 Å². The van der Waals surface area contributed by atoms with E-state index in [-0.39, 0.29) is 18.4 Å². The molecule has 0 fully saturated rings. The van der Waals surface area contributed by atoms with Gasteiger partial charge in [-0.05, 0) is 17.6 Å². The fourth-order valence-electron chi connectivity index (χ4n) is 2.28. The summed E-state index contributed by atoms with van der Waals surface area (Å²) >= 11 is 0. The highest BCUT2D eigenvalue weighted by Crippen LogP contribution is 2.38. The molecule has 1 atom stereocenters. The van der Waals surface area contributed by atoms with Gasteiger partial charge in [0, 0.05) is 38.0 Å². The second kappa shape index (κ2) is 4.14. The number of aliphatic hydroxyl groups excluding tert-OH is 1. The molecule has 0 aromatic rings. The molecule has 0 aromatic carbocycles. The van der Waals surface area contributed by atoms with Crippen molar-refractivity contribution in [1.82, 2.24) is 10.2 Å². The van der Waals surface area contributed by atoms with Gasteiger partial charge in [-0.1, -0.05) is 6.08 Å². The van der Waals surface area contributed by atoms with Crippen molar-refractivity contribution < 1.29 is 9.90 Å². The highest BCUT2D eigenvalue weighted by atomic mass is 16.3. The largest absolute Gasteiger partial charge is 0.392 e. The number of carbonyl (C=O) groups excluding carboxylic acids is 1. The maximum atomic E-state index is 11.7. The van der Waals surface area contributed by atoms with Gasteiger partial charge < -0.3 is 15.3 Å². The molecule has 1 amide bonds. The lowest BCUT2D eigenvalue weighted by molar-refractivity contribution is -0.117. The number of rotatable bonds is 2. The third kappa shape index (κ3) is 1.65. The maximum Gasteiger partial charge on any atom is 0.249 e. The minimum Gasteiger partial charge on any atom is -0.392 e. The van der Waals surface area contributed by atoms with Crippen LogP contribution in [-0.2, 0) is 4.79 Å². The summed E-state index contributed by atoms with van der Waals surface area (Å²) in [6.07, 6.45) is 6.63. The standard InChI is InChI=1S/C12H16N2O2/c1-13-12(16)11-6-14(2)5-10-8(7-15)3-4-9(10)11/h3,5-6,9,15H,4,7H2,1-2H3,(H,13,16). The zero-order valence-electron chi connectivity index (χ0n) is 9.53. The van der Waals surface area contributed by atoms with E-state index in [1.54, 1.807) is 7.05 Å². The van der Waals surface area contributed by atoms with Crippen molar-refractivity contribution >= 4 is 5.91 Å². The smallest absolute Gasteiger partial charge is 0.249 e. The van der Waals surface area contributed by atoms with Crippen LogP contribution in [0, 0.1) is 5.92 Å². The van der Waals surface area contributed by atoms with Crippen LogP contribution in [0.4, 0.5) is 0 Å². The minimum atomic E-state index is -0.0463. The lowest BCUT2D eigenvalue weighted by Gasteiger charge is -2.26. The average Bonchev–Trinajstić information content (AvgIpc) is 2.69. The van der Waals surface area contributed by atoms with Crippen LogP contribution in [0.15, 0.2) is 35.2 Å². The first-order chi connectivity index (χ1) is 7.67. The summed E-state index contributed by atoms with van der Waals surface area (Å²) in [6, 6.07) is 0. The summed E-state index contributed by atoms with van der Waals surface area (Å²) in [5.41, 5.74) is 2.76. The monoisotopic (exact) mass is 220 g/mol. The predicted octanol–water partition coefficient (Wildman–Crippen LogP) is 0.384. The number of aliphatic hydroxyl groups is 1. The van der Waals surface area contributed by atoms with Crippen LogP contribution >= 0.6 is 0 Å². The number of nitrogens with zero attached hydrogens (tertiary/aromatic N) is 1. The number of likely N-dealkylation sites (N-methyl/N-ethyl adjacent to an activating group) is 1. The van der Waals surface area contributed by atoms with Crippen molar-refractivity contribution in [2.45, 2.75) is 6.42 Å². The number of carbonyl (C=O) groups is 1. The van der Waals surface area contributed by atoms with Crippen LogP contribution in [0.5, 0.6) is 0 Å². The molecule has 0 saturated carbocycles. The molecule has 2 aliphatic rings. The van der Waals surface area contributed by atoms with Gasteiger partial charge in [-0.25, -0.2) is 0 Å². The van der Waals surface area contributed by atoms with E-state index in [4.69, 9.17) is 0 Å². The van der Waals surface area contributed by atoms with E-state index < -0.39 is 0 Å². The van der Waals surface area contributed by atoms with Crippen LogP contribution in [0.25, 0.3) is 0 Å². The Hall–Kier alpha value is -1.55. The zero-order chi connectivity index (χ0) is 11.7. The van der Waals surface area contributed by atoms with Gasteiger partial charge in [0.05, 0.1) is 6.61 Å². The van der Waals surface area contributed by atoms with Gasteiger partial charge in [0.2, 0.25) is 5.91 Å². The van der Waals surface area contributed by atoms with Crippen molar-refractivity contribution in [3.8, 4) is 0 Å². The molecule has 16 heavy (non-hydrogen) atoms. The normalized spacial score (nSPS) is 23.3. The number of amides is 1. The number of hydrogen-bond acceptors (Lipinski definition) is 3. The molecule has 4 heteroatoms. The Bertz CT molecular complexity index is 407. The van der Waals surface area contributed by atoms with Crippen molar-refractivity contribution in [2.24, 2.45) is 5.92 Å². The molecule has 0 aromatic heterocycles. The molecular formula is C12H16N2O2. The third-order valence-electron chi connectivity index (χ3n) is 3.07. The molecule has 2 rings (SSSR count). The summed E-state index contributed by atoms with van der Waals surface area (Å²) in [6.45, 7) is 0.0389.